The predicted octanol–water partition coefficient (Wildman–Crippen LogP) is 3.58. The van der Waals surface area contributed by atoms with Crippen molar-refractivity contribution in [2.45, 2.75) is 26.5 Å². The summed E-state index contributed by atoms with van der Waals surface area (Å²) in [6.45, 7) is 8.02. The van der Waals surface area contributed by atoms with Crippen LogP contribution in [0.3, 0.4) is 0 Å². The molecule has 0 aliphatic carbocycles. The normalized spacial score (nSPS) is 15.1. The van der Waals surface area contributed by atoms with Gasteiger partial charge in [-0.05, 0) is 53.1 Å². The molecule has 0 bridgehead atoms. The lowest BCUT2D eigenvalue weighted by Crippen LogP contribution is -2.29. The Kier molecular flexibility index (Phi) is 5.79. The van der Waals surface area contributed by atoms with E-state index in [1.807, 2.05) is 42.5 Å². The van der Waals surface area contributed by atoms with Crippen LogP contribution in [-0.2, 0) is 16.1 Å². The van der Waals surface area contributed by atoms with E-state index >= 15 is 0 Å². The summed E-state index contributed by atoms with van der Waals surface area (Å²) < 4.78 is 12.9. The Balaban J connectivity index is 1.66. The number of carbonyl (C=O) groups is 1. The third kappa shape index (κ3) is 4.18. The lowest BCUT2D eigenvalue weighted by atomic mass is 9.95. The van der Waals surface area contributed by atoms with Crippen molar-refractivity contribution in [3.63, 3.8) is 0 Å². The first-order chi connectivity index (χ1) is 15.1. The summed E-state index contributed by atoms with van der Waals surface area (Å²) >= 11 is 0. The number of tetrazole rings is 1. The number of nitrogens with zero attached hydrogens (tertiary/aromatic N) is 4. The van der Waals surface area contributed by atoms with Gasteiger partial charge in [0, 0.05) is 5.70 Å². The number of carbonyl (C=O) groups excluding carboxylic acids is 1. The molecule has 158 valence electrons. The summed E-state index contributed by atoms with van der Waals surface area (Å²) in [5.74, 6) is 0.682. The lowest BCUT2D eigenvalue weighted by Gasteiger charge is -2.27. The van der Waals surface area contributed by atoms with Gasteiger partial charge in [0.25, 0.3) is 0 Å². The zero-order valence-corrected chi connectivity index (χ0v) is 17.4. The van der Waals surface area contributed by atoms with Crippen molar-refractivity contribution >= 4 is 11.9 Å². The van der Waals surface area contributed by atoms with Crippen molar-refractivity contribution in [1.29, 1.82) is 0 Å². The lowest BCUT2D eigenvalue weighted by molar-refractivity contribution is -0.138. The number of hydrogen-bond donors (Lipinski definition) is 1. The van der Waals surface area contributed by atoms with Crippen LogP contribution in [0.2, 0.25) is 0 Å². The summed E-state index contributed by atoms with van der Waals surface area (Å²) in [7, 11) is 0. The van der Waals surface area contributed by atoms with Crippen LogP contribution in [0, 0.1) is 6.92 Å². The van der Waals surface area contributed by atoms with Gasteiger partial charge in [0.2, 0.25) is 5.95 Å². The molecule has 8 heteroatoms. The molecule has 1 aromatic heterocycles. The summed E-state index contributed by atoms with van der Waals surface area (Å²) in [5.41, 5.74) is 4.15. The number of rotatable bonds is 7. The Bertz CT molecular complexity index is 1150. The number of ether oxygens (including phenoxy) is 2. The largest absolute Gasteiger partial charge is 0.489 e. The minimum Gasteiger partial charge on any atom is -0.489 e. The van der Waals surface area contributed by atoms with Crippen LogP contribution >= 0.6 is 0 Å². The van der Waals surface area contributed by atoms with E-state index < -0.39 is 12.0 Å². The van der Waals surface area contributed by atoms with Gasteiger partial charge in [-0.15, -0.1) is 0 Å². The highest BCUT2D eigenvalue weighted by Gasteiger charge is 2.35. The second-order valence-corrected chi connectivity index (χ2v) is 7.19. The smallest absolute Gasteiger partial charge is 0.338 e. The maximum absolute atomic E-state index is 12.8. The van der Waals surface area contributed by atoms with E-state index in [4.69, 9.17) is 9.47 Å². The molecule has 1 atom stereocenters. The number of allylic oxidation sites excluding steroid dienone is 1. The minimum absolute atomic E-state index is 0.115. The van der Waals surface area contributed by atoms with Crippen molar-refractivity contribution in [1.82, 2.24) is 20.2 Å². The molecule has 31 heavy (non-hydrogen) atoms. The second kappa shape index (κ2) is 8.83. The molecule has 1 unspecified atom stereocenters. The summed E-state index contributed by atoms with van der Waals surface area (Å²) in [5, 5.41) is 14.9. The topological polar surface area (TPSA) is 91.2 Å². The fourth-order valence-electron chi connectivity index (χ4n) is 3.50. The van der Waals surface area contributed by atoms with Crippen LogP contribution in [0.1, 0.15) is 29.7 Å². The number of hydrogen-bond acceptors (Lipinski definition) is 7. The fraction of sp³-hybridized carbons (Fsp3) is 0.217. The molecule has 0 fully saturated rings. The fourth-order valence-corrected chi connectivity index (χ4v) is 3.50. The standard InChI is InChI=1S/C23H23N5O3/c1-4-12-30-22(29)20-16(3)24-23-25-26-27-28(23)21(20)17-10-7-11-19(13-17)31-14-18-9-6-5-8-15(18)2/h4-11,13,21H,1,12,14H2,2-3H3,(H,24,25,27). The molecular weight excluding hydrogens is 394 g/mol. The SMILES string of the molecule is C=CCOC(=O)C1=C(C)Nc2nnnn2C1c1cccc(OCc2ccccc2C)c1. The monoisotopic (exact) mass is 417 g/mol. The number of aromatic nitrogens is 4. The highest BCUT2D eigenvalue weighted by molar-refractivity contribution is 5.92. The second-order valence-electron chi connectivity index (χ2n) is 7.19. The van der Waals surface area contributed by atoms with E-state index in [-0.39, 0.29) is 6.61 Å². The predicted molar refractivity (Wildman–Crippen MR) is 115 cm³/mol. The van der Waals surface area contributed by atoms with E-state index in [0.29, 0.717) is 29.6 Å². The van der Waals surface area contributed by atoms with Gasteiger partial charge in [0.1, 0.15) is 25.0 Å². The van der Waals surface area contributed by atoms with Crippen LogP contribution < -0.4 is 10.1 Å². The molecule has 3 aromatic rings. The highest BCUT2D eigenvalue weighted by Crippen LogP contribution is 2.36. The number of benzene rings is 2. The molecule has 1 aliphatic rings. The summed E-state index contributed by atoms with van der Waals surface area (Å²) in [6.07, 6.45) is 1.53. The Morgan fingerprint density at radius 3 is 2.87 bits per heavy atom. The van der Waals surface area contributed by atoms with Gasteiger partial charge in [0.05, 0.1) is 5.57 Å². The van der Waals surface area contributed by atoms with E-state index in [1.54, 1.807) is 11.6 Å². The quantitative estimate of drug-likeness (QED) is 0.464. The van der Waals surface area contributed by atoms with Crippen LogP contribution in [0.25, 0.3) is 0 Å². The van der Waals surface area contributed by atoms with Gasteiger partial charge in [-0.1, -0.05) is 54.2 Å². The number of anilines is 1. The summed E-state index contributed by atoms with van der Waals surface area (Å²) in [4.78, 5) is 12.8. The molecule has 0 saturated heterocycles. The molecule has 8 nitrogen and oxygen atoms in total. The van der Waals surface area contributed by atoms with Crippen LogP contribution in [0.5, 0.6) is 5.75 Å². The van der Waals surface area contributed by atoms with Gasteiger partial charge in [-0.25, -0.2) is 4.79 Å². The first-order valence-corrected chi connectivity index (χ1v) is 9.89. The minimum atomic E-state index is -0.550. The maximum atomic E-state index is 12.8. The molecule has 0 radical (unpaired) electrons. The van der Waals surface area contributed by atoms with Crippen LogP contribution in [-0.4, -0.2) is 32.8 Å². The average Bonchev–Trinajstić information content (AvgIpc) is 3.24. The van der Waals surface area contributed by atoms with E-state index in [2.05, 4.69) is 40.4 Å². The Hall–Kier alpha value is -3.94. The van der Waals surface area contributed by atoms with Crippen molar-refractivity contribution in [3.05, 3.63) is 89.1 Å². The van der Waals surface area contributed by atoms with E-state index in [0.717, 1.165) is 11.1 Å². The zero-order valence-electron chi connectivity index (χ0n) is 17.4. The molecule has 4 rings (SSSR count). The number of fused-ring (bicyclic) bond motifs is 1. The Morgan fingerprint density at radius 2 is 2.06 bits per heavy atom. The molecule has 0 saturated carbocycles. The molecule has 0 amide bonds. The van der Waals surface area contributed by atoms with Gasteiger partial charge in [0.15, 0.2) is 0 Å². The van der Waals surface area contributed by atoms with Crippen LogP contribution in [0.15, 0.2) is 72.5 Å². The van der Waals surface area contributed by atoms with Gasteiger partial charge < -0.3 is 14.8 Å². The molecule has 0 spiro atoms. The van der Waals surface area contributed by atoms with Gasteiger partial charge in [-0.2, -0.15) is 4.68 Å². The Morgan fingerprint density at radius 1 is 1.23 bits per heavy atom. The molecule has 1 N–H and O–H groups in total. The first-order valence-electron chi connectivity index (χ1n) is 9.89. The Labute approximate surface area is 180 Å². The molecule has 2 heterocycles. The third-order valence-corrected chi connectivity index (χ3v) is 5.10. The molecule has 2 aromatic carbocycles. The van der Waals surface area contributed by atoms with Crippen molar-refractivity contribution in [2.24, 2.45) is 0 Å². The molecule has 1 aliphatic heterocycles. The maximum Gasteiger partial charge on any atom is 0.338 e. The zero-order chi connectivity index (χ0) is 21.8. The van der Waals surface area contributed by atoms with Crippen molar-refractivity contribution < 1.29 is 14.3 Å². The van der Waals surface area contributed by atoms with Crippen molar-refractivity contribution in [3.8, 4) is 5.75 Å². The molecular formula is C23H23N5O3. The van der Waals surface area contributed by atoms with E-state index in [9.17, 15) is 4.79 Å². The number of esters is 1. The van der Waals surface area contributed by atoms with Crippen LogP contribution in [0.4, 0.5) is 5.95 Å². The summed E-state index contributed by atoms with van der Waals surface area (Å²) in [6, 6.07) is 15.1. The third-order valence-electron chi connectivity index (χ3n) is 5.10. The first kappa shape index (κ1) is 20.3. The average molecular weight is 417 g/mol. The van der Waals surface area contributed by atoms with E-state index in [1.165, 1.54) is 11.6 Å². The van der Waals surface area contributed by atoms with Gasteiger partial charge in [-0.3, -0.25) is 0 Å². The van der Waals surface area contributed by atoms with Crippen molar-refractivity contribution in [2.75, 3.05) is 11.9 Å². The van der Waals surface area contributed by atoms with Gasteiger partial charge >= 0.3 is 5.97 Å². The number of aryl methyl sites for hydroxylation is 1. The highest BCUT2D eigenvalue weighted by atomic mass is 16.5. The number of nitrogens with one attached hydrogen (secondary N) is 1.